The van der Waals surface area contributed by atoms with Gasteiger partial charge < -0.3 is 15.0 Å². The van der Waals surface area contributed by atoms with Crippen LogP contribution in [-0.2, 0) is 17.8 Å². The van der Waals surface area contributed by atoms with Gasteiger partial charge in [-0.2, -0.15) is 0 Å². The largest absolute Gasteiger partial charge is 0.448 e. The van der Waals surface area contributed by atoms with Crippen LogP contribution in [0.4, 0.5) is 10.5 Å². The van der Waals surface area contributed by atoms with E-state index >= 15 is 0 Å². The van der Waals surface area contributed by atoms with E-state index in [0.717, 1.165) is 17.6 Å². The molecule has 8 heteroatoms. The molecule has 4 rings (SSSR count). The Kier molecular flexibility index (Phi) is 4.45. The number of anilines is 1. The van der Waals surface area contributed by atoms with Crippen molar-refractivity contribution in [3.8, 4) is 0 Å². The van der Waals surface area contributed by atoms with Crippen molar-refractivity contribution in [1.29, 1.82) is 0 Å². The predicted molar refractivity (Wildman–Crippen MR) is 99.4 cm³/mol. The van der Waals surface area contributed by atoms with Gasteiger partial charge in [0.25, 0.3) is 5.91 Å². The maximum Gasteiger partial charge on any atom is 0.410 e. The number of aryl methyl sites for hydroxylation is 1. The standard InChI is InChI=1S/C19H19N5O3/c1-2-24-17-8-5-14(11-16(17)21-22-24)18(25)20-15-6-3-13(4-7-15)12-23-9-10-27-19(23)26/h3-8,11H,2,9-10,12H2,1H3,(H,20,25). The van der Waals surface area contributed by atoms with Gasteiger partial charge in [0.05, 0.1) is 12.1 Å². The molecule has 0 aliphatic carbocycles. The zero-order chi connectivity index (χ0) is 18.8. The molecule has 1 aliphatic heterocycles. The first-order chi connectivity index (χ1) is 13.1. The lowest BCUT2D eigenvalue weighted by Crippen LogP contribution is -2.23. The first kappa shape index (κ1) is 17.0. The molecule has 138 valence electrons. The number of benzene rings is 2. The average Bonchev–Trinajstić information content (AvgIpc) is 3.28. The van der Waals surface area contributed by atoms with Gasteiger partial charge in [-0.25, -0.2) is 9.48 Å². The van der Waals surface area contributed by atoms with E-state index in [1.807, 2.05) is 37.3 Å². The van der Waals surface area contributed by atoms with Gasteiger partial charge in [-0.3, -0.25) is 4.79 Å². The van der Waals surface area contributed by atoms with Crippen molar-refractivity contribution in [2.45, 2.75) is 20.0 Å². The Morgan fingerprint density at radius 1 is 1.22 bits per heavy atom. The maximum atomic E-state index is 12.5. The zero-order valence-electron chi connectivity index (χ0n) is 14.9. The van der Waals surface area contributed by atoms with E-state index in [0.29, 0.717) is 36.5 Å². The summed E-state index contributed by atoms with van der Waals surface area (Å²) in [4.78, 5) is 25.6. The van der Waals surface area contributed by atoms with Crippen molar-refractivity contribution in [2.24, 2.45) is 0 Å². The molecule has 8 nitrogen and oxygen atoms in total. The maximum absolute atomic E-state index is 12.5. The second kappa shape index (κ2) is 7.06. The van der Waals surface area contributed by atoms with Crippen LogP contribution in [0.25, 0.3) is 11.0 Å². The third-order valence-electron chi connectivity index (χ3n) is 4.51. The Bertz CT molecular complexity index is 996. The molecule has 0 spiro atoms. The number of nitrogens with one attached hydrogen (secondary N) is 1. The fraction of sp³-hybridized carbons (Fsp3) is 0.263. The second-order valence-corrected chi connectivity index (χ2v) is 6.30. The number of rotatable bonds is 5. The number of fused-ring (bicyclic) bond motifs is 1. The summed E-state index contributed by atoms with van der Waals surface area (Å²) in [5, 5.41) is 11.0. The van der Waals surface area contributed by atoms with Crippen LogP contribution < -0.4 is 5.32 Å². The SMILES string of the molecule is CCn1nnc2cc(C(=O)Nc3ccc(CN4CCOC4=O)cc3)ccc21. The quantitative estimate of drug-likeness (QED) is 0.751. The van der Waals surface area contributed by atoms with E-state index in [9.17, 15) is 9.59 Å². The summed E-state index contributed by atoms with van der Waals surface area (Å²) in [7, 11) is 0. The highest BCUT2D eigenvalue weighted by Gasteiger charge is 2.21. The Morgan fingerprint density at radius 3 is 2.74 bits per heavy atom. The Hall–Kier alpha value is -3.42. The summed E-state index contributed by atoms with van der Waals surface area (Å²) in [6, 6.07) is 12.8. The van der Waals surface area contributed by atoms with Crippen molar-refractivity contribution >= 4 is 28.7 Å². The van der Waals surface area contributed by atoms with Gasteiger partial charge in [0.15, 0.2) is 0 Å². The molecule has 3 aromatic rings. The molecule has 1 N–H and O–H groups in total. The van der Waals surface area contributed by atoms with Crippen molar-refractivity contribution in [3.05, 3.63) is 53.6 Å². The third-order valence-corrected chi connectivity index (χ3v) is 4.51. The van der Waals surface area contributed by atoms with E-state index in [4.69, 9.17) is 4.74 Å². The molecule has 1 saturated heterocycles. The molecule has 0 saturated carbocycles. The van der Waals surface area contributed by atoms with Gasteiger partial charge in [0.1, 0.15) is 12.1 Å². The van der Waals surface area contributed by atoms with Crippen LogP contribution >= 0.6 is 0 Å². The van der Waals surface area contributed by atoms with Gasteiger partial charge in [-0.05, 0) is 42.8 Å². The van der Waals surface area contributed by atoms with Crippen LogP contribution in [-0.4, -0.2) is 45.0 Å². The normalized spacial score (nSPS) is 13.8. The fourth-order valence-corrected chi connectivity index (χ4v) is 3.03. The van der Waals surface area contributed by atoms with Gasteiger partial charge in [0, 0.05) is 24.3 Å². The number of nitrogens with zero attached hydrogens (tertiary/aromatic N) is 4. The molecule has 2 aromatic carbocycles. The van der Waals surface area contributed by atoms with Crippen LogP contribution in [0.15, 0.2) is 42.5 Å². The minimum absolute atomic E-state index is 0.209. The molecular formula is C19H19N5O3. The number of hydrogen-bond donors (Lipinski definition) is 1. The Labute approximate surface area is 155 Å². The number of ether oxygens (including phenoxy) is 1. The summed E-state index contributed by atoms with van der Waals surface area (Å²) < 4.78 is 6.70. The molecule has 2 amide bonds. The van der Waals surface area contributed by atoms with E-state index in [-0.39, 0.29) is 12.0 Å². The summed E-state index contributed by atoms with van der Waals surface area (Å²) in [6.45, 7) is 4.25. The highest BCUT2D eigenvalue weighted by atomic mass is 16.6. The molecule has 0 unspecified atom stereocenters. The molecular weight excluding hydrogens is 346 g/mol. The van der Waals surface area contributed by atoms with E-state index < -0.39 is 0 Å². The van der Waals surface area contributed by atoms with E-state index in [1.165, 1.54) is 0 Å². The topological polar surface area (TPSA) is 89.3 Å². The first-order valence-electron chi connectivity index (χ1n) is 8.79. The predicted octanol–water partition coefficient (Wildman–Crippen LogP) is 2.66. The molecule has 27 heavy (non-hydrogen) atoms. The van der Waals surface area contributed by atoms with Gasteiger partial charge in [-0.15, -0.1) is 5.10 Å². The van der Waals surface area contributed by atoms with Crippen LogP contribution in [0.1, 0.15) is 22.8 Å². The summed E-state index contributed by atoms with van der Waals surface area (Å²) in [5.41, 5.74) is 3.78. The average molecular weight is 365 g/mol. The molecule has 0 bridgehead atoms. The molecule has 0 atom stereocenters. The molecule has 1 fully saturated rings. The number of carbonyl (C=O) groups is 2. The highest BCUT2D eigenvalue weighted by molar-refractivity contribution is 6.05. The van der Waals surface area contributed by atoms with Crippen molar-refractivity contribution < 1.29 is 14.3 Å². The Balaban J connectivity index is 1.44. The summed E-state index contributed by atoms with van der Waals surface area (Å²) in [5.74, 6) is -0.209. The van der Waals surface area contributed by atoms with E-state index in [2.05, 4.69) is 15.6 Å². The van der Waals surface area contributed by atoms with Crippen LogP contribution in [0, 0.1) is 0 Å². The Morgan fingerprint density at radius 2 is 2.04 bits per heavy atom. The lowest BCUT2D eigenvalue weighted by atomic mass is 10.1. The minimum Gasteiger partial charge on any atom is -0.448 e. The molecule has 2 heterocycles. The van der Waals surface area contributed by atoms with Crippen molar-refractivity contribution in [3.63, 3.8) is 0 Å². The number of cyclic esters (lactones) is 1. The zero-order valence-corrected chi connectivity index (χ0v) is 14.9. The number of amides is 2. The fourth-order valence-electron chi connectivity index (χ4n) is 3.03. The highest BCUT2D eigenvalue weighted by Crippen LogP contribution is 2.17. The van der Waals surface area contributed by atoms with Crippen LogP contribution in [0.2, 0.25) is 0 Å². The lowest BCUT2D eigenvalue weighted by Gasteiger charge is -2.13. The summed E-state index contributed by atoms with van der Waals surface area (Å²) >= 11 is 0. The molecule has 1 aliphatic rings. The second-order valence-electron chi connectivity index (χ2n) is 6.30. The summed E-state index contributed by atoms with van der Waals surface area (Å²) in [6.07, 6.45) is -0.289. The van der Waals surface area contributed by atoms with Crippen LogP contribution in [0.3, 0.4) is 0 Å². The first-order valence-corrected chi connectivity index (χ1v) is 8.79. The van der Waals surface area contributed by atoms with Gasteiger partial charge in [-0.1, -0.05) is 17.3 Å². The van der Waals surface area contributed by atoms with Gasteiger partial charge >= 0.3 is 6.09 Å². The smallest absolute Gasteiger partial charge is 0.410 e. The van der Waals surface area contributed by atoms with Crippen molar-refractivity contribution in [2.75, 3.05) is 18.5 Å². The van der Waals surface area contributed by atoms with Gasteiger partial charge in [0.2, 0.25) is 0 Å². The monoisotopic (exact) mass is 365 g/mol. The number of carbonyl (C=O) groups excluding carboxylic acids is 2. The molecule has 1 aromatic heterocycles. The molecule has 0 radical (unpaired) electrons. The van der Waals surface area contributed by atoms with Crippen molar-refractivity contribution in [1.82, 2.24) is 19.9 Å². The number of aromatic nitrogens is 3. The lowest BCUT2D eigenvalue weighted by molar-refractivity contribution is 0.102. The third kappa shape index (κ3) is 3.46. The van der Waals surface area contributed by atoms with E-state index in [1.54, 1.807) is 21.7 Å². The number of hydrogen-bond acceptors (Lipinski definition) is 5. The minimum atomic E-state index is -0.289. The van der Waals surface area contributed by atoms with Crippen LogP contribution in [0.5, 0.6) is 0 Å².